The molecule has 1 aromatic heterocycles. The summed E-state index contributed by atoms with van der Waals surface area (Å²) in [5.41, 5.74) is 0.674. The van der Waals surface area contributed by atoms with E-state index in [2.05, 4.69) is 4.98 Å². The van der Waals surface area contributed by atoms with Crippen LogP contribution in [0.4, 0.5) is 0 Å². The second-order valence-electron chi connectivity index (χ2n) is 2.26. The van der Waals surface area contributed by atoms with E-state index < -0.39 is 9.84 Å². The largest absolute Gasteiger partial charge is 0.264 e. The molecule has 0 N–H and O–H groups in total. The summed E-state index contributed by atoms with van der Waals surface area (Å²) in [5, 5.41) is 1.19. The van der Waals surface area contributed by atoms with Gasteiger partial charge in [0.2, 0.25) is 9.84 Å². The molecule has 0 atom stereocenters. The highest BCUT2D eigenvalue weighted by atomic mass is 32.2. The summed E-state index contributed by atoms with van der Waals surface area (Å²) in [7, 11) is -3.13. The van der Waals surface area contributed by atoms with Crippen molar-refractivity contribution in [3.8, 4) is 0 Å². The van der Waals surface area contributed by atoms with Crippen molar-refractivity contribution in [1.29, 1.82) is 0 Å². The molecular weight excluding hydrogens is 162 g/mol. The summed E-state index contributed by atoms with van der Waals surface area (Å²) in [6, 6.07) is 1.50. The Hall–Kier alpha value is -1.16. The monoisotopic (exact) mass is 167 g/mol. The van der Waals surface area contributed by atoms with Crippen molar-refractivity contribution in [2.24, 2.45) is 0 Å². The fraction of sp³-hybridized carbons (Fsp3) is 0. The number of pyridine rings is 1. The minimum Gasteiger partial charge on any atom is -0.264 e. The van der Waals surface area contributed by atoms with E-state index >= 15 is 0 Å². The van der Waals surface area contributed by atoms with Crippen molar-refractivity contribution < 1.29 is 8.42 Å². The van der Waals surface area contributed by atoms with E-state index in [1.54, 1.807) is 6.08 Å². The first-order valence-corrected chi connectivity index (χ1v) is 4.62. The average Bonchev–Trinajstić information content (AvgIpc) is 2.29. The van der Waals surface area contributed by atoms with Gasteiger partial charge in [0.25, 0.3) is 0 Å². The molecule has 0 bridgehead atoms. The molecule has 1 aliphatic rings. The molecule has 0 fully saturated rings. The van der Waals surface area contributed by atoms with Gasteiger partial charge >= 0.3 is 0 Å². The van der Waals surface area contributed by atoms with Crippen molar-refractivity contribution in [1.82, 2.24) is 4.98 Å². The van der Waals surface area contributed by atoms with Crippen LogP contribution >= 0.6 is 0 Å². The molecule has 0 saturated carbocycles. The zero-order chi connectivity index (χ0) is 7.90. The van der Waals surface area contributed by atoms with Crippen LogP contribution in [0, 0.1) is 0 Å². The van der Waals surface area contributed by atoms with Crippen LogP contribution in [0.15, 0.2) is 28.8 Å². The first kappa shape index (κ1) is 6.54. The van der Waals surface area contributed by atoms with Gasteiger partial charge in [-0.15, -0.1) is 0 Å². The van der Waals surface area contributed by atoms with Crippen LogP contribution in [-0.2, 0) is 9.84 Å². The van der Waals surface area contributed by atoms with E-state index in [4.69, 9.17) is 0 Å². The van der Waals surface area contributed by atoms with E-state index in [-0.39, 0.29) is 0 Å². The molecule has 0 amide bonds. The minimum atomic E-state index is -3.13. The van der Waals surface area contributed by atoms with Gasteiger partial charge in [-0.3, -0.25) is 4.98 Å². The molecule has 0 aromatic carbocycles. The van der Waals surface area contributed by atoms with Crippen LogP contribution in [0.3, 0.4) is 0 Å². The highest BCUT2D eigenvalue weighted by molar-refractivity contribution is 7.94. The number of nitrogens with zero attached hydrogens (tertiary/aromatic N) is 1. The van der Waals surface area contributed by atoms with Crippen molar-refractivity contribution in [3.63, 3.8) is 0 Å². The SMILES string of the molecule is O=S1(=O)C=Cc2cnccc21. The summed E-state index contributed by atoms with van der Waals surface area (Å²) >= 11 is 0. The lowest BCUT2D eigenvalue weighted by molar-refractivity contribution is 0.605. The Labute approximate surface area is 64.3 Å². The van der Waals surface area contributed by atoms with Gasteiger partial charge in [0.15, 0.2) is 0 Å². The molecule has 3 nitrogen and oxygen atoms in total. The Kier molecular flexibility index (Phi) is 1.14. The first-order valence-electron chi connectivity index (χ1n) is 3.07. The second-order valence-corrected chi connectivity index (χ2v) is 4.06. The Morgan fingerprint density at radius 3 is 2.91 bits per heavy atom. The Morgan fingerprint density at radius 1 is 1.36 bits per heavy atom. The highest BCUT2D eigenvalue weighted by Gasteiger charge is 2.19. The standard InChI is InChI=1S/C7H5NO2S/c9-11(10)4-2-6-5-8-3-1-7(6)11/h1-5H. The van der Waals surface area contributed by atoms with E-state index in [0.717, 1.165) is 0 Å². The zero-order valence-electron chi connectivity index (χ0n) is 5.56. The predicted octanol–water partition coefficient (Wildman–Crippen LogP) is 0.840. The number of sulfone groups is 1. The molecule has 2 rings (SSSR count). The summed E-state index contributed by atoms with van der Waals surface area (Å²) < 4.78 is 22.3. The molecular formula is C7H5NO2S. The van der Waals surface area contributed by atoms with Gasteiger partial charge in [0.1, 0.15) is 0 Å². The second kappa shape index (κ2) is 1.92. The molecule has 11 heavy (non-hydrogen) atoms. The van der Waals surface area contributed by atoms with Crippen molar-refractivity contribution in [2.75, 3.05) is 0 Å². The molecule has 0 saturated heterocycles. The normalized spacial score (nSPS) is 18.2. The van der Waals surface area contributed by atoms with Crippen molar-refractivity contribution in [3.05, 3.63) is 29.4 Å². The van der Waals surface area contributed by atoms with Crippen LogP contribution < -0.4 is 0 Å². The molecule has 56 valence electrons. The summed E-state index contributed by atoms with van der Waals surface area (Å²) in [4.78, 5) is 4.16. The number of hydrogen-bond acceptors (Lipinski definition) is 3. The van der Waals surface area contributed by atoms with E-state index in [1.165, 1.54) is 23.9 Å². The van der Waals surface area contributed by atoms with Crippen LogP contribution in [0.25, 0.3) is 6.08 Å². The molecule has 0 radical (unpaired) electrons. The lowest BCUT2D eigenvalue weighted by atomic mass is 10.3. The Balaban J connectivity index is 2.84. The van der Waals surface area contributed by atoms with Crippen LogP contribution in [-0.4, -0.2) is 13.4 Å². The Morgan fingerprint density at radius 2 is 2.18 bits per heavy atom. The fourth-order valence-corrected chi connectivity index (χ4v) is 2.19. The molecule has 2 heterocycles. The van der Waals surface area contributed by atoms with E-state index in [9.17, 15) is 8.42 Å². The third kappa shape index (κ3) is 0.867. The van der Waals surface area contributed by atoms with Crippen LogP contribution in [0.2, 0.25) is 0 Å². The number of rotatable bonds is 0. The molecule has 0 spiro atoms. The minimum absolute atomic E-state index is 0.354. The molecule has 4 heteroatoms. The maximum absolute atomic E-state index is 11.1. The Bertz CT molecular complexity index is 420. The first-order chi connectivity index (χ1) is 5.20. The molecule has 0 aliphatic carbocycles. The third-order valence-electron chi connectivity index (χ3n) is 1.54. The molecule has 1 aromatic rings. The summed E-state index contributed by atoms with van der Waals surface area (Å²) in [6.07, 6.45) is 4.57. The quantitative estimate of drug-likeness (QED) is 0.575. The maximum Gasteiger partial charge on any atom is 0.200 e. The number of aromatic nitrogens is 1. The van der Waals surface area contributed by atoms with Gasteiger partial charge in [-0.05, 0) is 12.1 Å². The fourth-order valence-electron chi connectivity index (χ4n) is 1.01. The van der Waals surface area contributed by atoms with Gasteiger partial charge in [-0.1, -0.05) is 0 Å². The molecule has 0 unspecified atom stereocenters. The van der Waals surface area contributed by atoms with Gasteiger partial charge in [-0.25, -0.2) is 8.42 Å². The maximum atomic E-state index is 11.1. The summed E-state index contributed by atoms with van der Waals surface area (Å²) in [6.45, 7) is 0. The van der Waals surface area contributed by atoms with Gasteiger partial charge in [-0.2, -0.15) is 0 Å². The molecule has 1 aliphatic heterocycles. The lowest BCUT2D eigenvalue weighted by Gasteiger charge is -1.93. The zero-order valence-corrected chi connectivity index (χ0v) is 6.38. The highest BCUT2D eigenvalue weighted by Crippen LogP contribution is 2.24. The van der Waals surface area contributed by atoms with Gasteiger partial charge in [0.05, 0.1) is 4.90 Å². The smallest absolute Gasteiger partial charge is 0.200 e. The predicted molar refractivity (Wildman–Crippen MR) is 40.5 cm³/mol. The van der Waals surface area contributed by atoms with Gasteiger partial charge < -0.3 is 0 Å². The van der Waals surface area contributed by atoms with E-state index in [1.807, 2.05) is 0 Å². The number of hydrogen-bond donors (Lipinski definition) is 0. The third-order valence-corrected chi connectivity index (χ3v) is 3.02. The lowest BCUT2D eigenvalue weighted by Crippen LogP contribution is -1.92. The summed E-state index contributed by atoms with van der Waals surface area (Å²) in [5.74, 6) is 0. The topological polar surface area (TPSA) is 47.0 Å². The van der Waals surface area contributed by atoms with Crippen molar-refractivity contribution >= 4 is 15.9 Å². The van der Waals surface area contributed by atoms with Gasteiger partial charge in [0, 0.05) is 23.4 Å². The number of fused-ring (bicyclic) bond motifs is 1. The average molecular weight is 167 g/mol. The van der Waals surface area contributed by atoms with Crippen LogP contribution in [0.5, 0.6) is 0 Å². The van der Waals surface area contributed by atoms with E-state index in [0.29, 0.717) is 10.5 Å². The van der Waals surface area contributed by atoms with Crippen LogP contribution in [0.1, 0.15) is 5.56 Å². The van der Waals surface area contributed by atoms with Crippen molar-refractivity contribution in [2.45, 2.75) is 4.90 Å².